The van der Waals surface area contributed by atoms with Gasteiger partial charge in [0, 0.05) is 32.6 Å². The van der Waals surface area contributed by atoms with Crippen molar-refractivity contribution < 1.29 is 9.53 Å². The summed E-state index contributed by atoms with van der Waals surface area (Å²) in [5.74, 6) is 0.486. The molecule has 1 saturated heterocycles. The zero-order valence-corrected chi connectivity index (χ0v) is 19.9. The number of aromatic nitrogens is 1. The number of thioether (sulfide) groups is 1. The summed E-state index contributed by atoms with van der Waals surface area (Å²) in [6, 6.07) is 16.8. The van der Waals surface area contributed by atoms with Gasteiger partial charge in [-0.25, -0.2) is 0 Å². The maximum absolute atomic E-state index is 13.1. The highest BCUT2D eigenvalue weighted by Gasteiger charge is 2.34. The van der Waals surface area contributed by atoms with Crippen molar-refractivity contribution in [1.29, 1.82) is 0 Å². The van der Waals surface area contributed by atoms with Gasteiger partial charge in [-0.3, -0.25) is 9.47 Å². The standard InChI is InChI=1S/C23H18Cl2N2O2S2/c1-14-7-8-15(2)26(14)27-22(28)21(31-23(27)30)11-16-5-3-4-6-20(16)29-13-17-9-10-18(24)12-19(17)25/h3-12H,13H2,1-2H3/b21-11+. The second kappa shape index (κ2) is 9.09. The molecule has 3 aromatic rings. The average Bonchev–Trinajstić information content (AvgIpc) is 3.19. The van der Waals surface area contributed by atoms with Gasteiger partial charge in [0.1, 0.15) is 12.4 Å². The Morgan fingerprint density at radius 2 is 1.77 bits per heavy atom. The predicted octanol–water partition coefficient (Wildman–Crippen LogP) is 6.53. The molecule has 1 fully saturated rings. The van der Waals surface area contributed by atoms with Crippen LogP contribution in [0, 0.1) is 13.8 Å². The summed E-state index contributed by atoms with van der Waals surface area (Å²) in [6.45, 7) is 4.17. The molecule has 2 aromatic carbocycles. The Morgan fingerprint density at radius 3 is 2.48 bits per heavy atom. The highest BCUT2D eigenvalue weighted by Crippen LogP contribution is 2.34. The Hall–Kier alpha value is -2.25. The maximum atomic E-state index is 13.1. The third-order valence-electron chi connectivity index (χ3n) is 4.81. The number of carbonyl (C=O) groups excluding carboxylic acids is 1. The molecule has 1 aliphatic heterocycles. The summed E-state index contributed by atoms with van der Waals surface area (Å²) in [7, 11) is 0. The normalized spacial score (nSPS) is 15.2. The number of halogens is 2. The molecule has 2 heterocycles. The lowest BCUT2D eigenvalue weighted by Gasteiger charge is -2.20. The molecule has 4 rings (SSSR count). The first-order chi connectivity index (χ1) is 14.8. The largest absolute Gasteiger partial charge is 0.488 e. The summed E-state index contributed by atoms with van der Waals surface area (Å²) in [5, 5.41) is 2.65. The maximum Gasteiger partial charge on any atom is 0.285 e. The number of hydrogen-bond acceptors (Lipinski definition) is 4. The number of ether oxygens (including phenoxy) is 1. The lowest BCUT2D eigenvalue weighted by molar-refractivity contribution is -0.114. The Morgan fingerprint density at radius 1 is 1.06 bits per heavy atom. The zero-order valence-electron chi connectivity index (χ0n) is 16.8. The molecule has 8 heteroatoms. The second-order valence-electron chi connectivity index (χ2n) is 6.98. The van der Waals surface area contributed by atoms with E-state index in [-0.39, 0.29) is 12.5 Å². The number of nitrogens with zero attached hydrogens (tertiary/aromatic N) is 2. The average molecular weight is 489 g/mol. The van der Waals surface area contributed by atoms with Gasteiger partial charge in [-0.05, 0) is 62.5 Å². The van der Waals surface area contributed by atoms with Crippen LogP contribution in [0.2, 0.25) is 10.0 Å². The summed E-state index contributed by atoms with van der Waals surface area (Å²) < 4.78 is 8.34. The summed E-state index contributed by atoms with van der Waals surface area (Å²) in [6.07, 6.45) is 1.81. The first-order valence-corrected chi connectivity index (χ1v) is 11.4. The lowest BCUT2D eigenvalue weighted by Crippen LogP contribution is -2.39. The fourth-order valence-electron chi connectivity index (χ4n) is 3.27. The van der Waals surface area contributed by atoms with Gasteiger partial charge in [-0.2, -0.15) is 5.01 Å². The molecule has 1 aromatic heterocycles. The van der Waals surface area contributed by atoms with E-state index in [4.69, 9.17) is 40.2 Å². The Balaban J connectivity index is 1.59. The van der Waals surface area contributed by atoms with Gasteiger partial charge in [0.2, 0.25) is 0 Å². The van der Waals surface area contributed by atoms with Crippen LogP contribution in [0.4, 0.5) is 0 Å². The van der Waals surface area contributed by atoms with E-state index in [0.717, 1.165) is 22.5 Å². The predicted molar refractivity (Wildman–Crippen MR) is 133 cm³/mol. The number of rotatable bonds is 5. The Labute approximate surface area is 200 Å². The first kappa shape index (κ1) is 22.0. The smallest absolute Gasteiger partial charge is 0.285 e. The van der Waals surface area contributed by atoms with Crippen LogP contribution in [0.3, 0.4) is 0 Å². The second-order valence-corrected chi connectivity index (χ2v) is 9.50. The molecule has 0 bridgehead atoms. The summed E-state index contributed by atoms with van der Waals surface area (Å²) in [5.41, 5.74) is 3.50. The summed E-state index contributed by atoms with van der Waals surface area (Å²) >= 11 is 19.0. The van der Waals surface area contributed by atoms with Crippen LogP contribution in [-0.2, 0) is 11.4 Å². The van der Waals surface area contributed by atoms with E-state index in [1.807, 2.05) is 67.1 Å². The van der Waals surface area contributed by atoms with Crippen LogP contribution >= 0.6 is 47.2 Å². The van der Waals surface area contributed by atoms with E-state index >= 15 is 0 Å². The van der Waals surface area contributed by atoms with Crippen LogP contribution in [0.25, 0.3) is 6.08 Å². The minimum absolute atomic E-state index is 0.159. The van der Waals surface area contributed by atoms with Crippen molar-refractivity contribution in [1.82, 2.24) is 4.68 Å². The van der Waals surface area contributed by atoms with E-state index < -0.39 is 0 Å². The highest BCUT2D eigenvalue weighted by molar-refractivity contribution is 8.27. The van der Waals surface area contributed by atoms with Crippen molar-refractivity contribution in [3.63, 3.8) is 0 Å². The van der Waals surface area contributed by atoms with Gasteiger partial charge in [0.15, 0.2) is 4.32 Å². The van der Waals surface area contributed by atoms with Crippen LogP contribution in [0.1, 0.15) is 22.5 Å². The molecule has 0 atom stereocenters. The molecular formula is C23H18Cl2N2O2S2. The molecule has 0 saturated carbocycles. The topological polar surface area (TPSA) is 34.5 Å². The number of aryl methyl sites for hydroxylation is 2. The van der Waals surface area contributed by atoms with E-state index in [1.165, 1.54) is 16.8 Å². The molecule has 1 aliphatic rings. The van der Waals surface area contributed by atoms with Gasteiger partial charge in [0.25, 0.3) is 5.91 Å². The molecule has 1 amide bonds. The molecule has 158 valence electrons. The zero-order chi connectivity index (χ0) is 22.1. The van der Waals surface area contributed by atoms with E-state index in [9.17, 15) is 4.79 Å². The molecule has 0 aliphatic carbocycles. The van der Waals surface area contributed by atoms with Crippen molar-refractivity contribution in [3.8, 4) is 5.75 Å². The lowest BCUT2D eigenvalue weighted by atomic mass is 10.2. The minimum atomic E-state index is -0.159. The van der Waals surface area contributed by atoms with Crippen molar-refractivity contribution >= 4 is 63.5 Å². The van der Waals surface area contributed by atoms with Crippen molar-refractivity contribution in [2.45, 2.75) is 20.5 Å². The van der Waals surface area contributed by atoms with Gasteiger partial charge in [-0.15, -0.1) is 0 Å². The molecule has 31 heavy (non-hydrogen) atoms. The minimum Gasteiger partial charge on any atom is -0.488 e. The van der Waals surface area contributed by atoms with Crippen molar-refractivity contribution in [2.75, 3.05) is 5.01 Å². The van der Waals surface area contributed by atoms with Crippen molar-refractivity contribution in [2.24, 2.45) is 0 Å². The van der Waals surface area contributed by atoms with Gasteiger partial charge < -0.3 is 4.74 Å². The number of thiocarbonyl (C=S) groups is 1. The van der Waals surface area contributed by atoms with Gasteiger partial charge in [-0.1, -0.05) is 59.2 Å². The van der Waals surface area contributed by atoms with E-state index in [0.29, 0.717) is 25.0 Å². The van der Waals surface area contributed by atoms with Gasteiger partial charge >= 0.3 is 0 Å². The number of carbonyl (C=O) groups is 1. The number of para-hydroxylation sites is 1. The third-order valence-corrected chi connectivity index (χ3v) is 6.68. The number of hydrogen-bond donors (Lipinski definition) is 0. The van der Waals surface area contributed by atoms with Crippen molar-refractivity contribution in [3.05, 3.63) is 92.1 Å². The van der Waals surface area contributed by atoms with E-state index in [2.05, 4.69) is 0 Å². The monoisotopic (exact) mass is 488 g/mol. The van der Waals surface area contributed by atoms with Crippen LogP contribution < -0.4 is 9.75 Å². The molecular weight excluding hydrogens is 471 g/mol. The molecule has 0 radical (unpaired) electrons. The van der Waals surface area contributed by atoms with Crippen LogP contribution in [0.5, 0.6) is 5.75 Å². The number of benzene rings is 2. The van der Waals surface area contributed by atoms with Gasteiger partial charge in [0.05, 0.1) is 4.91 Å². The molecule has 0 N–H and O–H groups in total. The number of amides is 1. The quantitative estimate of drug-likeness (QED) is 0.302. The summed E-state index contributed by atoms with van der Waals surface area (Å²) in [4.78, 5) is 13.7. The third kappa shape index (κ3) is 4.53. The molecule has 0 unspecified atom stereocenters. The molecule has 4 nitrogen and oxygen atoms in total. The fraction of sp³-hybridized carbons (Fsp3) is 0.130. The fourth-order valence-corrected chi connectivity index (χ4v) is 4.97. The van der Waals surface area contributed by atoms with E-state index in [1.54, 1.807) is 12.1 Å². The van der Waals surface area contributed by atoms with Crippen LogP contribution in [0.15, 0.2) is 59.5 Å². The Bertz CT molecular complexity index is 1200. The Kier molecular flexibility index (Phi) is 6.44. The molecule has 0 spiro atoms. The van der Waals surface area contributed by atoms with Crippen LogP contribution in [-0.4, -0.2) is 14.9 Å². The first-order valence-electron chi connectivity index (χ1n) is 9.44. The highest BCUT2D eigenvalue weighted by atomic mass is 35.5. The SMILES string of the molecule is Cc1ccc(C)n1N1C(=O)/C(=C\c2ccccc2OCc2ccc(Cl)cc2Cl)SC1=S.